The van der Waals surface area contributed by atoms with E-state index in [1.54, 1.807) is 6.92 Å². The third-order valence-corrected chi connectivity index (χ3v) is 2.47. The Hall–Kier alpha value is -1.76. The van der Waals surface area contributed by atoms with Crippen LogP contribution in [0.5, 0.6) is 0 Å². The highest BCUT2D eigenvalue weighted by atomic mass is 19.3. The quantitative estimate of drug-likeness (QED) is 0.771. The maximum absolute atomic E-state index is 12.1. The molecular weight excluding hydrogens is 246 g/mol. The van der Waals surface area contributed by atoms with Gasteiger partial charge < -0.3 is 9.47 Å². The lowest BCUT2D eigenvalue weighted by molar-refractivity contribution is -0.150. The van der Waals surface area contributed by atoms with Crippen LogP contribution >= 0.6 is 0 Å². The van der Waals surface area contributed by atoms with Crippen LogP contribution in [0.2, 0.25) is 0 Å². The van der Waals surface area contributed by atoms with E-state index in [0.29, 0.717) is 5.82 Å². The van der Waals surface area contributed by atoms with Crippen LogP contribution in [-0.4, -0.2) is 34.8 Å². The number of rotatable bonds is 4. The number of carbonyl (C=O) groups is 1. The molecule has 1 aliphatic heterocycles. The SMILES string of the molecule is CCOC(=O)c1cnc2n1C=CC(OC(F)F)C2. The fraction of sp³-hybridized carbons (Fsp3) is 0.455. The standard InChI is InChI=1S/C11H12F2N2O3/c1-2-17-10(16)8-6-14-9-5-7(18-11(12)13)3-4-15(8)9/h3-4,6-7,11H,2,5H2,1H3. The molecule has 1 aromatic rings. The molecule has 1 atom stereocenters. The predicted molar refractivity (Wildman–Crippen MR) is 58.1 cm³/mol. The number of esters is 1. The highest BCUT2D eigenvalue weighted by molar-refractivity contribution is 5.88. The minimum Gasteiger partial charge on any atom is -0.461 e. The van der Waals surface area contributed by atoms with E-state index in [4.69, 9.17) is 4.74 Å². The monoisotopic (exact) mass is 258 g/mol. The summed E-state index contributed by atoms with van der Waals surface area (Å²) in [6, 6.07) is 0. The molecule has 0 aliphatic carbocycles. The van der Waals surface area contributed by atoms with Gasteiger partial charge in [0.2, 0.25) is 0 Å². The number of halogens is 2. The van der Waals surface area contributed by atoms with Gasteiger partial charge in [-0.3, -0.25) is 4.57 Å². The molecule has 0 fully saturated rings. The van der Waals surface area contributed by atoms with Gasteiger partial charge in [0.05, 0.1) is 18.9 Å². The summed E-state index contributed by atoms with van der Waals surface area (Å²) >= 11 is 0. The molecule has 0 spiro atoms. The molecule has 2 rings (SSSR count). The van der Waals surface area contributed by atoms with Gasteiger partial charge >= 0.3 is 12.6 Å². The molecule has 5 nitrogen and oxygen atoms in total. The van der Waals surface area contributed by atoms with Crippen molar-refractivity contribution in [2.75, 3.05) is 6.61 Å². The Balaban J connectivity index is 2.15. The minimum absolute atomic E-state index is 0.195. The molecule has 2 heterocycles. The second-order valence-corrected chi connectivity index (χ2v) is 3.63. The van der Waals surface area contributed by atoms with Gasteiger partial charge in [-0.05, 0) is 13.0 Å². The fourth-order valence-electron chi connectivity index (χ4n) is 1.73. The van der Waals surface area contributed by atoms with Crippen molar-refractivity contribution in [3.05, 3.63) is 23.8 Å². The summed E-state index contributed by atoms with van der Waals surface area (Å²) in [4.78, 5) is 15.6. The molecular formula is C11H12F2N2O3. The average Bonchev–Trinajstić information content (AvgIpc) is 2.71. The van der Waals surface area contributed by atoms with Crippen molar-refractivity contribution in [1.82, 2.24) is 9.55 Å². The van der Waals surface area contributed by atoms with Crippen LogP contribution in [-0.2, 0) is 15.9 Å². The van der Waals surface area contributed by atoms with Crippen LogP contribution in [0.15, 0.2) is 12.3 Å². The van der Waals surface area contributed by atoms with Crippen molar-refractivity contribution >= 4 is 12.2 Å². The second-order valence-electron chi connectivity index (χ2n) is 3.63. The number of hydrogen-bond acceptors (Lipinski definition) is 4. The third-order valence-electron chi connectivity index (χ3n) is 2.47. The maximum atomic E-state index is 12.1. The molecule has 0 saturated carbocycles. The number of nitrogens with zero attached hydrogens (tertiary/aromatic N) is 2. The summed E-state index contributed by atoms with van der Waals surface area (Å²) in [6.45, 7) is -0.862. The van der Waals surface area contributed by atoms with Gasteiger partial charge in [-0.25, -0.2) is 9.78 Å². The summed E-state index contributed by atoms with van der Waals surface area (Å²) in [5.41, 5.74) is 0.276. The second kappa shape index (κ2) is 5.26. The molecule has 0 bridgehead atoms. The zero-order chi connectivity index (χ0) is 13.1. The lowest BCUT2D eigenvalue weighted by atomic mass is 10.2. The van der Waals surface area contributed by atoms with E-state index >= 15 is 0 Å². The van der Waals surface area contributed by atoms with Gasteiger partial charge in [0.15, 0.2) is 5.69 Å². The fourth-order valence-corrected chi connectivity index (χ4v) is 1.73. The summed E-state index contributed by atoms with van der Waals surface area (Å²) in [5, 5.41) is 0. The Labute approximate surface area is 102 Å². The average molecular weight is 258 g/mol. The lowest BCUT2D eigenvalue weighted by Crippen LogP contribution is -2.23. The Kier molecular flexibility index (Phi) is 3.71. The highest BCUT2D eigenvalue weighted by Gasteiger charge is 2.23. The minimum atomic E-state index is -2.83. The van der Waals surface area contributed by atoms with Crippen molar-refractivity contribution in [2.45, 2.75) is 26.1 Å². The Bertz CT molecular complexity index is 471. The van der Waals surface area contributed by atoms with E-state index in [9.17, 15) is 13.6 Å². The van der Waals surface area contributed by atoms with E-state index in [-0.39, 0.29) is 18.7 Å². The molecule has 1 unspecified atom stereocenters. The lowest BCUT2D eigenvalue weighted by Gasteiger charge is -2.18. The molecule has 1 aliphatic rings. The van der Waals surface area contributed by atoms with E-state index in [1.807, 2.05) is 0 Å². The van der Waals surface area contributed by atoms with Crippen molar-refractivity contribution < 1.29 is 23.0 Å². The number of fused-ring (bicyclic) bond motifs is 1. The summed E-state index contributed by atoms with van der Waals surface area (Å²) < 4.78 is 34.9. The molecule has 1 aromatic heterocycles. The van der Waals surface area contributed by atoms with Crippen molar-refractivity contribution in [3.8, 4) is 0 Å². The summed E-state index contributed by atoms with van der Waals surface area (Å²) in [5.74, 6) is 0.000306. The van der Waals surface area contributed by atoms with Gasteiger partial charge in [-0.1, -0.05) is 0 Å². The zero-order valence-electron chi connectivity index (χ0n) is 9.68. The number of carbonyl (C=O) groups excluding carboxylic acids is 1. The van der Waals surface area contributed by atoms with Crippen molar-refractivity contribution in [1.29, 1.82) is 0 Å². The first kappa shape index (κ1) is 12.7. The molecule has 18 heavy (non-hydrogen) atoms. The van der Waals surface area contributed by atoms with E-state index in [2.05, 4.69) is 9.72 Å². The largest absolute Gasteiger partial charge is 0.461 e. The van der Waals surface area contributed by atoms with Crippen LogP contribution in [0, 0.1) is 0 Å². The van der Waals surface area contributed by atoms with E-state index in [0.717, 1.165) is 0 Å². The van der Waals surface area contributed by atoms with Crippen LogP contribution in [0.25, 0.3) is 6.20 Å². The normalized spacial score (nSPS) is 17.9. The van der Waals surface area contributed by atoms with Gasteiger partial charge in [0.25, 0.3) is 0 Å². The van der Waals surface area contributed by atoms with Gasteiger partial charge in [0, 0.05) is 12.6 Å². The summed E-state index contributed by atoms with van der Waals surface area (Å²) in [7, 11) is 0. The Morgan fingerprint density at radius 3 is 3.11 bits per heavy atom. The van der Waals surface area contributed by atoms with Crippen LogP contribution in [0.1, 0.15) is 23.2 Å². The molecule has 0 amide bonds. The van der Waals surface area contributed by atoms with Crippen molar-refractivity contribution in [3.63, 3.8) is 0 Å². The first-order chi connectivity index (χ1) is 8.61. The summed E-state index contributed by atoms with van der Waals surface area (Å²) in [6.07, 6.45) is 3.78. The molecule has 0 saturated heterocycles. The smallest absolute Gasteiger partial charge is 0.356 e. The molecule has 0 radical (unpaired) electrons. The first-order valence-corrected chi connectivity index (χ1v) is 5.47. The highest BCUT2D eigenvalue weighted by Crippen LogP contribution is 2.18. The number of imidazole rings is 1. The molecule has 0 aromatic carbocycles. The maximum Gasteiger partial charge on any atom is 0.356 e. The third kappa shape index (κ3) is 2.56. The number of alkyl halides is 2. The number of hydrogen-bond donors (Lipinski definition) is 0. The molecule has 0 N–H and O–H groups in total. The van der Waals surface area contributed by atoms with Gasteiger partial charge in [-0.2, -0.15) is 8.78 Å². The number of ether oxygens (including phenoxy) is 2. The van der Waals surface area contributed by atoms with E-state index < -0.39 is 18.7 Å². The Morgan fingerprint density at radius 1 is 1.67 bits per heavy atom. The molecule has 98 valence electrons. The van der Waals surface area contributed by atoms with Crippen LogP contribution in [0.3, 0.4) is 0 Å². The van der Waals surface area contributed by atoms with Crippen LogP contribution in [0.4, 0.5) is 8.78 Å². The predicted octanol–water partition coefficient (Wildman–Crippen LogP) is 1.69. The van der Waals surface area contributed by atoms with E-state index in [1.165, 1.54) is 23.0 Å². The number of aromatic nitrogens is 2. The van der Waals surface area contributed by atoms with Crippen LogP contribution < -0.4 is 0 Å². The van der Waals surface area contributed by atoms with Gasteiger partial charge in [-0.15, -0.1) is 0 Å². The Morgan fingerprint density at radius 2 is 2.44 bits per heavy atom. The van der Waals surface area contributed by atoms with Crippen molar-refractivity contribution in [2.24, 2.45) is 0 Å². The topological polar surface area (TPSA) is 53.3 Å². The zero-order valence-corrected chi connectivity index (χ0v) is 9.68. The molecule has 7 heteroatoms. The first-order valence-electron chi connectivity index (χ1n) is 5.47. The van der Waals surface area contributed by atoms with Gasteiger partial charge in [0.1, 0.15) is 5.82 Å².